The smallest absolute Gasteiger partial charge is 0.370 e. The van der Waals surface area contributed by atoms with Crippen molar-refractivity contribution in [2.75, 3.05) is 19.0 Å². The summed E-state index contributed by atoms with van der Waals surface area (Å²) in [7, 11) is 0. The van der Waals surface area contributed by atoms with Gasteiger partial charge in [0, 0.05) is 19.3 Å². The molecule has 1 saturated heterocycles. The molecule has 2 heterocycles. The van der Waals surface area contributed by atoms with Crippen LogP contribution in [0.25, 0.3) is 0 Å². The van der Waals surface area contributed by atoms with Crippen LogP contribution in [0.1, 0.15) is 23.0 Å². The van der Waals surface area contributed by atoms with Gasteiger partial charge in [-0.25, -0.2) is 0 Å². The highest BCUT2D eigenvalue weighted by Crippen LogP contribution is 2.28. The molecule has 1 aliphatic rings. The Labute approximate surface area is 124 Å². The number of amides is 1. The van der Waals surface area contributed by atoms with E-state index >= 15 is 0 Å². The van der Waals surface area contributed by atoms with Crippen molar-refractivity contribution in [2.24, 2.45) is 0 Å². The second-order valence-electron chi connectivity index (χ2n) is 4.86. The number of carbonyl (C=O) groups is 1. The van der Waals surface area contributed by atoms with Crippen molar-refractivity contribution in [1.29, 1.82) is 0 Å². The van der Waals surface area contributed by atoms with Crippen LogP contribution in [0.4, 0.5) is 13.2 Å². The summed E-state index contributed by atoms with van der Waals surface area (Å²) < 4.78 is 42.9. The number of aromatic nitrogens is 1. The second kappa shape index (κ2) is 6.19. The number of rotatable bonds is 2. The SMILES string of the molecule is CC1CN(C(=O)c2ccc(C(F)(F)F)cn2)CC(CCl)O1. The zero-order chi connectivity index (χ0) is 15.6. The van der Waals surface area contributed by atoms with Crippen LogP contribution in [0, 0.1) is 0 Å². The fourth-order valence-corrected chi connectivity index (χ4v) is 2.32. The molecule has 1 aromatic rings. The van der Waals surface area contributed by atoms with Crippen molar-refractivity contribution in [2.45, 2.75) is 25.3 Å². The Morgan fingerprint density at radius 1 is 1.48 bits per heavy atom. The van der Waals surface area contributed by atoms with Gasteiger partial charge in [0.15, 0.2) is 0 Å². The van der Waals surface area contributed by atoms with Crippen LogP contribution in [-0.2, 0) is 10.9 Å². The minimum atomic E-state index is -4.47. The lowest BCUT2D eigenvalue weighted by atomic mass is 10.2. The minimum absolute atomic E-state index is 0.0228. The molecular formula is C13H14ClF3N2O2. The van der Waals surface area contributed by atoms with E-state index in [-0.39, 0.29) is 23.8 Å². The quantitative estimate of drug-likeness (QED) is 0.786. The van der Waals surface area contributed by atoms with E-state index in [1.807, 2.05) is 0 Å². The van der Waals surface area contributed by atoms with Gasteiger partial charge in [0.25, 0.3) is 5.91 Å². The van der Waals surface area contributed by atoms with Gasteiger partial charge in [0.1, 0.15) is 5.69 Å². The van der Waals surface area contributed by atoms with Crippen molar-refractivity contribution < 1.29 is 22.7 Å². The summed E-state index contributed by atoms with van der Waals surface area (Å²) >= 11 is 5.73. The third-order valence-corrected chi connectivity index (χ3v) is 3.44. The Morgan fingerprint density at radius 3 is 2.71 bits per heavy atom. The molecule has 0 saturated carbocycles. The molecule has 8 heteroatoms. The van der Waals surface area contributed by atoms with E-state index < -0.39 is 17.6 Å². The lowest BCUT2D eigenvalue weighted by molar-refractivity contribution is -0.137. The maximum absolute atomic E-state index is 12.5. The number of hydrogen-bond acceptors (Lipinski definition) is 3. The molecule has 1 aliphatic heterocycles. The second-order valence-corrected chi connectivity index (χ2v) is 5.17. The molecule has 0 radical (unpaired) electrons. The van der Waals surface area contributed by atoms with Crippen molar-refractivity contribution >= 4 is 17.5 Å². The van der Waals surface area contributed by atoms with E-state index in [0.29, 0.717) is 19.3 Å². The molecule has 1 aromatic heterocycles. The number of nitrogens with zero attached hydrogens (tertiary/aromatic N) is 2. The van der Waals surface area contributed by atoms with Crippen molar-refractivity contribution in [3.63, 3.8) is 0 Å². The molecule has 21 heavy (non-hydrogen) atoms. The molecule has 2 atom stereocenters. The number of halogens is 4. The molecule has 1 amide bonds. The average Bonchev–Trinajstić information content (AvgIpc) is 2.45. The van der Waals surface area contributed by atoms with Crippen LogP contribution in [0.2, 0.25) is 0 Å². The summed E-state index contributed by atoms with van der Waals surface area (Å²) in [4.78, 5) is 17.4. The van der Waals surface area contributed by atoms with Gasteiger partial charge in [-0.3, -0.25) is 9.78 Å². The molecule has 0 aromatic carbocycles. The van der Waals surface area contributed by atoms with Gasteiger partial charge in [-0.05, 0) is 19.1 Å². The minimum Gasteiger partial charge on any atom is -0.370 e. The first kappa shape index (κ1) is 16.0. The highest BCUT2D eigenvalue weighted by Gasteiger charge is 2.32. The van der Waals surface area contributed by atoms with E-state index in [0.717, 1.165) is 12.1 Å². The van der Waals surface area contributed by atoms with Crippen LogP contribution in [0.5, 0.6) is 0 Å². The predicted octanol–water partition coefficient (Wildman–Crippen LogP) is 2.57. The molecule has 0 aliphatic carbocycles. The number of pyridine rings is 1. The van der Waals surface area contributed by atoms with Gasteiger partial charge in [-0.15, -0.1) is 11.6 Å². The number of hydrogen-bond donors (Lipinski definition) is 0. The molecule has 2 unspecified atom stereocenters. The van der Waals surface area contributed by atoms with Crippen LogP contribution in [-0.4, -0.2) is 47.0 Å². The number of carbonyl (C=O) groups excluding carboxylic acids is 1. The maximum Gasteiger partial charge on any atom is 0.417 e. The summed E-state index contributed by atoms with van der Waals surface area (Å²) in [5, 5.41) is 0. The molecule has 0 bridgehead atoms. The van der Waals surface area contributed by atoms with Gasteiger partial charge in [-0.2, -0.15) is 13.2 Å². The zero-order valence-corrected chi connectivity index (χ0v) is 12.0. The third kappa shape index (κ3) is 3.85. The van der Waals surface area contributed by atoms with Gasteiger partial charge >= 0.3 is 6.18 Å². The van der Waals surface area contributed by atoms with Crippen LogP contribution >= 0.6 is 11.6 Å². The predicted molar refractivity (Wildman–Crippen MR) is 70.2 cm³/mol. The van der Waals surface area contributed by atoms with Gasteiger partial charge in [0.05, 0.1) is 23.7 Å². The van der Waals surface area contributed by atoms with Gasteiger partial charge in [-0.1, -0.05) is 0 Å². The molecule has 2 rings (SSSR count). The third-order valence-electron chi connectivity index (χ3n) is 3.10. The summed E-state index contributed by atoms with van der Waals surface area (Å²) in [5.74, 6) is -0.178. The average molecular weight is 323 g/mol. The fourth-order valence-electron chi connectivity index (χ4n) is 2.15. The van der Waals surface area contributed by atoms with Crippen LogP contribution in [0.15, 0.2) is 18.3 Å². The Kier molecular flexibility index (Phi) is 4.73. The van der Waals surface area contributed by atoms with Gasteiger partial charge in [0.2, 0.25) is 0 Å². The highest BCUT2D eigenvalue weighted by atomic mass is 35.5. The van der Waals surface area contributed by atoms with Crippen molar-refractivity contribution in [1.82, 2.24) is 9.88 Å². The first-order chi connectivity index (χ1) is 9.81. The van der Waals surface area contributed by atoms with E-state index in [1.54, 1.807) is 6.92 Å². The monoisotopic (exact) mass is 322 g/mol. The lowest BCUT2D eigenvalue weighted by Crippen LogP contribution is -2.50. The lowest BCUT2D eigenvalue weighted by Gasteiger charge is -2.35. The molecular weight excluding hydrogens is 309 g/mol. The Bertz CT molecular complexity index is 507. The molecule has 0 N–H and O–H groups in total. The topological polar surface area (TPSA) is 42.4 Å². The normalized spacial score (nSPS) is 23.2. The summed E-state index contributed by atoms with van der Waals surface area (Å²) in [6.07, 6.45) is -4.27. The van der Waals surface area contributed by atoms with E-state index in [1.165, 1.54) is 4.90 Å². The molecule has 1 fully saturated rings. The number of morpholine rings is 1. The molecule has 0 spiro atoms. The first-order valence-corrected chi connectivity index (χ1v) is 6.88. The maximum atomic E-state index is 12.5. The van der Waals surface area contributed by atoms with Crippen LogP contribution in [0.3, 0.4) is 0 Å². The summed E-state index contributed by atoms with van der Waals surface area (Å²) in [6.45, 7) is 2.46. The summed E-state index contributed by atoms with van der Waals surface area (Å²) in [5.41, 5.74) is -0.904. The van der Waals surface area contributed by atoms with Crippen molar-refractivity contribution in [3.8, 4) is 0 Å². The molecule has 116 valence electrons. The van der Waals surface area contributed by atoms with E-state index in [2.05, 4.69) is 4.98 Å². The Hall–Kier alpha value is -1.34. The largest absolute Gasteiger partial charge is 0.417 e. The number of ether oxygens (including phenoxy) is 1. The van der Waals surface area contributed by atoms with Crippen molar-refractivity contribution in [3.05, 3.63) is 29.6 Å². The fraction of sp³-hybridized carbons (Fsp3) is 0.538. The summed E-state index contributed by atoms with van der Waals surface area (Å²) in [6, 6.07) is 1.93. The highest BCUT2D eigenvalue weighted by molar-refractivity contribution is 6.18. The zero-order valence-electron chi connectivity index (χ0n) is 11.2. The van der Waals surface area contributed by atoms with E-state index in [4.69, 9.17) is 16.3 Å². The van der Waals surface area contributed by atoms with Crippen LogP contribution < -0.4 is 0 Å². The Balaban J connectivity index is 2.12. The van der Waals surface area contributed by atoms with E-state index in [9.17, 15) is 18.0 Å². The Morgan fingerprint density at radius 2 is 2.19 bits per heavy atom. The van der Waals surface area contributed by atoms with Gasteiger partial charge < -0.3 is 9.64 Å². The number of alkyl halides is 4. The molecule has 4 nitrogen and oxygen atoms in total. The standard InChI is InChI=1S/C13H14ClF3N2O2/c1-8-6-19(7-10(4-14)21-8)12(20)11-3-2-9(5-18-11)13(15,16)17/h2-3,5,8,10H,4,6-7H2,1H3. The first-order valence-electron chi connectivity index (χ1n) is 6.35.